The Hall–Kier alpha value is -3.22. The van der Waals surface area contributed by atoms with Crippen LogP contribution in [-0.2, 0) is 11.2 Å². The molecule has 5 nitrogen and oxygen atoms in total. The Labute approximate surface area is 197 Å². The summed E-state index contributed by atoms with van der Waals surface area (Å²) in [5.41, 5.74) is 3.94. The van der Waals surface area contributed by atoms with E-state index >= 15 is 0 Å². The fourth-order valence-electron chi connectivity index (χ4n) is 4.13. The summed E-state index contributed by atoms with van der Waals surface area (Å²) in [5, 5.41) is 0.687. The van der Waals surface area contributed by atoms with E-state index < -0.39 is 0 Å². The van der Waals surface area contributed by atoms with E-state index in [2.05, 4.69) is 12.1 Å². The van der Waals surface area contributed by atoms with Crippen molar-refractivity contribution in [2.24, 2.45) is 0 Å². The van der Waals surface area contributed by atoms with E-state index in [1.807, 2.05) is 60.7 Å². The number of hydrogen-bond acceptors (Lipinski definition) is 5. The number of hydrogen-bond donors (Lipinski definition) is 0. The molecule has 3 aromatic carbocycles. The molecular formula is C27H26N2O3S. The summed E-state index contributed by atoms with van der Waals surface area (Å²) in [5.74, 6) is 0.728. The van der Waals surface area contributed by atoms with E-state index in [0.717, 1.165) is 41.8 Å². The van der Waals surface area contributed by atoms with Crippen LogP contribution in [0.5, 0.6) is 5.75 Å². The van der Waals surface area contributed by atoms with Crippen molar-refractivity contribution < 1.29 is 14.3 Å². The lowest BCUT2D eigenvalue weighted by molar-refractivity contribution is 0.0917. The van der Waals surface area contributed by atoms with Gasteiger partial charge in [0.1, 0.15) is 5.75 Å². The zero-order valence-corrected chi connectivity index (χ0v) is 19.4. The van der Waals surface area contributed by atoms with Crippen LogP contribution in [0.2, 0.25) is 0 Å². The number of fused-ring (bicyclic) bond motifs is 1. The lowest BCUT2D eigenvalue weighted by atomic mass is 10.0. The van der Waals surface area contributed by atoms with Crippen LogP contribution < -0.4 is 9.64 Å². The van der Waals surface area contributed by atoms with Crippen LogP contribution in [0.1, 0.15) is 34.3 Å². The molecule has 6 heteroatoms. The number of methoxy groups -OCH3 is 1. The van der Waals surface area contributed by atoms with E-state index in [0.29, 0.717) is 17.2 Å². The van der Waals surface area contributed by atoms with Crippen molar-refractivity contribution in [1.82, 2.24) is 4.98 Å². The maximum Gasteiger partial charge on any atom is 0.260 e. The highest BCUT2D eigenvalue weighted by Crippen LogP contribution is 2.33. The van der Waals surface area contributed by atoms with E-state index in [1.165, 1.54) is 22.5 Å². The van der Waals surface area contributed by atoms with Crippen LogP contribution in [-0.4, -0.2) is 37.3 Å². The summed E-state index contributed by atoms with van der Waals surface area (Å²) in [4.78, 5) is 20.2. The number of thiazole rings is 1. The second kappa shape index (κ2) is 9.73. The fraction of sp³-hybridized carbons (Fsp3) is 0.259. The van der Waals surface area contributed by atoms with E-state index in [9.17, 15) is 4.79 Å². The van der Waals surface area contributed by atoms with Crippen molar-refractivity contribution in [3.05, 3.63) is 89.5 Å². The molecule has 1 aliphatic heterocycles. The molecule has 168 valence electrons. The highest BCUT2D eigenvalue weighted by molar-refractivity contribution is 7.22. The molecule has 1 unspecified atom stereocenters. The van der Waals surface area contributed by atoms with Gasteiger partial charge in [-0.2, -0.15) is 0 Å². The van der Waals surface area contributed by atoms with Crippen molar-refractivity contribution in [1.29, 1.82) is 0 Å². The van der Waals surface area contributed by atoms with Gasteiger partial charge in [-0.3, -0.25) is 9.69 Å². The van der Waals surface area contributed by atoms with Crippen molar-refractivity contribution >= 4 is 32.6 Å². The van der Waals surface area contributed by atoms with Crippen molar-refractivity contribution in [2.45, 2.75) is 25.4 Å². The first kappa shape index (κ1) is 21.6. The van der Waals surface area contributed by atoms with Crippen molar-refractivity contribution in [3.8, 4) is 5.75 Å². The first-order chi connectivity index (χ1) is 16.2. The molecule has 0 radical (unpaired) electrons. The number of amides is 1. The molecule has 5 rings (SSSR count). The molecule has 1 fully saturated rings. The number of aromatic nitrogens is 1. The fourth-order valence-corrected chi connectivity index (χ4v) is 5.13. The van der Waals surface area contributed by atoms with Crippen molar-refractivity contribution in [2.75, 3.05) is 25.2 Å². The van der Waals surface area contributed by atoms with Gasteiger partial charge in [-0.25, -0.2) is 4.98 Å². The normalized spacial score (nSPS) is 15.6. The van der Waals surface area contributed by atoms with Crippen LogP contribution in [0.25, 0.3) is 10.2 Å². The molecule has 1 aromatic heterocycles. The second-order valence-electron chi connectivity index (χ2n) is 8.24. The average Bonchev–Trinajstić information content (AvgIpc) is 3.52. The first-order valence-corrected chi connectivity index (χ1v) is 12.0. The molecule has 33 heavy (non-hydrogen) atoms. The maximum atomic E-state index is 13.6. The third-order valence-electron chi connectivity index (χ3n) is 5.92. The predicted molar refractivity (Wildman–Crippen MR) is 133 cm³/mol. The number of nitrogens with zero attached hydrogens (tertiary/aromatic N) is 2. The Balaban J connectivity index is 1.41. The largest absolute Gasteiger partial charge is 0.497 e. The molecule has 0 spiro atoms. The van der Waals surface area contributed by atoms with Gasteiger partial charge in [0, 0.05) is 12.2 Å². The number of carbonyl (C=O) groups excluding carboxylic acids is 1. The molecule has 1 aliphatic rings. The van der Waals surface area contributed by atoms with Crippen LogP contribution >= 0.6 is 11.3 Å². The number of anilines is 1. The van der Waals surface area contributed by atoms with E-state index in [-0.39, 0.29) is 12.0 Å². The summed E-state index contributed by atoms with van der Waals surface area (Å²) < 4.78 is 12.2. The van der Waals surface area contributed by atoms with Crippen molar-refractivity contribution in [3.63, 3.8) is 0 Å². The van der Waals surface area contributed by atoms with Gasteiger partial charge in [0.2, 0.25) is 0 Å². The molecule has 4 aromatic rings. The molecule has 2 heterocycles. The van der Waals surface area contributed by atoms with Gasteiger partial charge in [0.15, 0.2) is 5.13 Å². The second-order valence-corrected chi connectivity index (χ2v) is 9.25. The average molecular weight is 459 g/mol. The Kier molecular flexibility index (Phi) is 6.37. The van der Waals surface area contributed by atoms with E-state index in [4.69, 9.17) is 14.5 Å². The number of benzene rings is 3. The Morgan fingerprint density at radius 1 is 1.09 bits per heavy atom. The van der Waals surface area contributed by atoms with Gasteiger partial charge >= 0.3 is 0 Å². The van der Waals surface area contributed by atoms with Gasteiger partial charge < -0.3 is 9.47 Å². The Morgan fingerprint density at radius 3 is 2.61 bits per heavy atom. The smallest absolute Gasteiger partial charge is 0.260 e. The first-order valence-electron chi connectivity index (χ1n) is 11.2. The monoisotopic (exact) mass is 458 g/mol. The SMILES string of the molecule is COc1ccc2nc(N(CC3CCCO3)C(=O)c3ccc(Cc4ccccc4)cc3)sc2c1. The minimum Gasteiger partial charge on any atom is -0.497 e. The maximum absolute atomic E-state index is 13.6. The van der Waals surface area contributed by atoms with Gasteiger partial charge in [0.25, 0.3) is 5.91 Å². The number of rotatable bonds is 7. The minimum absolute atomic E-state index is 0.0350. The van der Waals surface area contributed by atoms with Crippen LogP contribution in [0.4, 0.5) is 5.13 Å². The molecule has 0 aliphatic carbocycles. The van der Waals surface area contributed by atoms with Crippen LogP contribution in [0.15, 0.2) is 72.8 Å². The summed E-state index contributed by atoms with van der Waals surface area (Å²) in [7, 11) is 1.65. The van der Waals surface area contributed by atoms with Gasteiger partial charge in [-0.1, -0.05) is 53.8 Å². The van der Waals surface area contributed by atoms with E-state index in [1.54, 1.807) is 12.0 Å². The molecule has 0 N–H and O–H groups in total. The summed E-state index contributed by atoms with van der Waals surface area (Å²) in [6.07, 6.45) is 2.86. The Bertz CT molecular complexity index is 1230. The third-order valence-corrected chi connectivity index (χ3v) is 6.96. The minimum atomic E-state index is -0.0530. The lowest BCUT2D eigenvalue weighted by Crippen LogP contribution is -2.37. The quantitative estimate of drug-likeness (QED) is 0.355. The molecule has 0 bridgehead atoms. The molecule has 1 saturated heterocycles. The van der Waals surface area contributed by atoms with Crippen LogP contribution in [0.3, 0.4) is 0 Å². The number of ether oxygens (including phenoxy) is 2. The lowest BCUT2D eigenvalue weighted by Gasteiger charge is -2.23. The zero-order chi connectivity index (χ0) is 22.6. The van der Waals surface area contributed by atoms with Gasteiger partial charge in [-0.05, 0) is 60.7 Å². The standard InChI is InChI=1S/C27H26N2O3S/c1-31-22-13-14-24-25(17-22)33-27(28-24)29(18-23-8-5-15-32-23)26(30)21-11-9-20(10-12-21)16-19-6-3-2-4-7-19/h2-4,6-7,9-14,17,23H,5,8,15-16,18H2,1H3. The topological polar surface area (TPSA) is 51.7 Å². The summed E-state index contributed by atoms with van der Waals surface area (Å²) in [6, 6.07) is 24.0. The Morgan fingerprint density at radius 2 is 1.88 bits per heavy atom. The molecule has 1 atom stereocenters. The highest BCUT2D eigenvalue weighted by atomic mass is 32.1. The summed E-state index contributed by atoms with van der Waals surface area (Å²) in [6.45, 7) is 1.25. The third kappa shape index (κ3) is 4.92. The highest BCUT2D eigenvalue weighted by Gasteiger charge is 2.27. The zero-order valence-electron chi connectivity index (χ0n) is 18.6. The van der Waals surface area contributed by atoms with Gasteiger partial charge in [-0.15, -0.1) is 0 Å². The number of carbonyl (C=O) groups is 1. The molecule has 0 saturated carbocycles. The predicted octanol–water partition coefficient (Wildman–Crippen LogP) is 5.72. The molecule has 1 amide bonds. The van der Waals surface area contributed by atoms with Gasteiger partial charge in [0.05, 0.1) is 30.0 Å². The van der Waals surface area contributed by atoms with Crippen LogP contribution in [0, 0.1) is 0 Å². The molecular weight excluding hydrogens is 432 g/mol. The summed E-state index contributed by atoms with van der Waals surface area (Å²) >= 11 is 1.50.